The van der Waals surface area contributed by atoms with Crippen LogP contribution >= 0.6 is 0 Å². The molecule has 1 N–H and O–H groups in total. The minimum atomic E-state index is -0.421. The Morgan fingerprint density at radius 2 is 1.94 bits per heavy atom. The topological polar surface area (TPSA) is 45.0 Å². The van der Waals surface area contributed by atoms with Crippen molar-refractivity contribution in [1.82, 2.24) is 5.32 Å². The molecule has 0 heterocycles. The minimum Gasteiger partial charge on any atom is -0.381 e. The van der Waals surface area contributed by atoms with E-state index < -0.39 is 5.54 Å². The molecule has 0 aliphatic carbocycles. The summed E-state index contributed by atoms with van der Waals surface area (Å²) in [5, 5.41) is 12.4. The van der Waals surface area contributed by atoms with Crippen LogP contribution in [0.3, 0.4) is 0 Å². The fourth-order valence-electron chi connectivity index (χ4n) is 1.64. The summed E-state index contributed by atoms with van der Waals surface area (Å²) in [6.07, 6.45) is 1.76. The van der Waals surface area contributed by atoms with E-state index in [1.807, 2.05) is 6.92 Å². The fourth-order valence-corrected chi connectivity index (χ4v) is 1.64. The molecule has 0 spiro atoms. The Morgan fingerprint density at radius 3 is 2.38 bits per heavy atom. The van der Waals surface area contributed by atoms with E-state index in [-0.39, 0.29) is 0 Å². The molecule has 3 heteroatoms. The molecule has 0 bridgehead atoms. The zero-order valence-corrected chi connectivity index (χ0v) is 11.3. The number of rotatable bonds is 8. The Morgan fingerprint density at radius 1 is 1.31 bits per heavy atom. The van der Waals surface area contributed by atoms with Crippen molar-refractivity contribution < 1.29 is 4.74 Å². The predicted molar refractivity (Wildman–Crippen MR) is 67.2 cm³/mol. The molecular weight excluding hydrogens is 200 g/mol. The van der Waals surface area contributed by atoms with Gasteiger partial charge in [0.1, 0.15) is 5.54 Å². The first kappa shape index (κ1) is 15.4. The van der Waals surface area contributed by atoms with Crippen molar-refractivity contribution in [2.75, 3.05) is 13.2 Å². The van der Waals surface area contributed by atoms with Gasteiger partial charge in [-0.3, -0.25) is 5.32 Å². The molecule has 0 aromatic heterocycles. The lowest BCUT2D eigenvalue weighted by Crippen LogP contribution is -2.45. The zero-order valence-electron chi connectivity index (χ0n) is 11.3. The van der Waals surface area contributed by atoms with Crippen molar-refractivity contribution in [3.8, 4) is 6.07 Å². The van der Waals surface area contributed by atoms with Gasteiger partial charge in [0.15, 0.2) is 0 Å². The Labute approximate surface area is 100 Å². The van der Waals surface area contributed by atoms with Gasteiger partial charge in [-0.25, -0.2) is 0 Å². The van der Waals surface area contributed by atoms with Gasteiger partial charge in [0, 0.05) is 19.3 Å². The number of nitriles is 1. The molecule has 0 radical (unpaired) electrons. The van der Waals surface area contributed by atoms with Crippen LogP contribution in [0, 0.1) is 17.2 Å². The second-order valence-electron chi connectivity index (χ2n) is 5.32. The third-order valence-corrected chi connectivity index (χ3v) is 2.27. The number of hydrogen-bond donors (Lipinski definition) is 1. The number of hydrogen-bond acceptors (Lipinski definition) is 3. The van der Waals surface area contributed by atoms with Gasteiger partial charge in [0.05, 0.1) is 6.07 Å². The second-order valence-corrected chi connectivity index (χ2v) is 5.32. The Balaban J connectivity index is 3.75. The number of ether oxygens (including phenoxy) is 1. The van der Waals surface area contributed by atoms with Crippen LogP contribution < -0.4 is 5.32 Å². The fraction of sp³-hybridized carbons (Fsp3) is 0.923. The van der Waals surface area contributed by atoms with Gasteiger partial charge >= 0.3 is 0 Å². The second kappa shape index (κ2) is 7.65. The summed E-state index contributed by atoms with van der Waals surface area (Å²) >= 11 is 0. The molecule has 1 unspecified atom stereocenters. The lowest BCUT2D eigenvalue weighted by Gasteiger charge is -2.25. The van der Waals surface area contributed by atoms with Crippen LogP contribution in [0.4, 0.5) is 0 Å². The highest BCUT2D eigenvalue weighted by Gasteiger charge is 2.23. The molecule has 0 aromatic rings. The first-order chi connectivity index (χ1) is 7.39. The first-order valence-corrected chi connectivity index (χ1v) is 6.16. The molecule has 0 fully saturated rings. The summed E-state index contributed by atoms with van der Waals surface area (Å²) in [6.45, 7) is 11.9. The van der Waals surface area contributed by atoms with E-state index in [9.17, 15) is 0 Å². The molecule has 0 saturated heterocycles. The molecule has 0 rings (SSSR count). The lowest BCUT2D eigenvalue weighted by molar-refractivity contribution is 0.103. The van der Waals surface area contributed by atoms with Crippen LogP contribution in [-0.4, -0.2) is 24.8 Å². The molecule has 0 aliphatic rings. The van der Waals surface area contributed by atoms with E-state index in [0.717, 1.165) is 26.1 Å². The van der Waals surface area contributed by atoms with E-state index >= 15 is 0 Å². The van der Waals surface area contributed by atoms with Crippen molar-refractivity contribution in [1.29, 1.82) is 5.26 Å². The maximum absolute atomic E-state index is 9.13. The largest absolute Gasteiger partial charge is 0.381 e. The quantitative estimate of drug-likeness (QED) is 0.647. The van der Waals surface area contributed by atoms with E-state index in [2.05, 4.69) is 39.1 Å². The van der Waals surface area contributed by atoms with E-state index in [1.165, 1.54) is 0 Å². The molecule has 94 valence electrons. The van der Waals surface area contributed by atoms with E-state index in [0.29, 0.717) is 12.0 Å². The van der Waals surface area contributed by atoms with Crippen molar-refractivity contribution >= 4 is 0 Å². The average Bonchev–Trinajstić information content (AvgIpc) is 2.15. The first-order valence-electron chi connectivity index (χ1n) is 6.16. The van der Waals surface area contributed by atoms with Crippen molar-refractivity contribution in [3.05, 3.63) is 0 Å². The van der Waals surface area contributed by atoms with E-state index in [1.54, 1.807) is 0 Å². The van der Waals surface area contributed by atoms with Crippen molar-refractivity contribution in [2.24, 2.45) is 5.92 Å². The molecule has 0 aromatic carbocycles. The summed E-state index contributed by atoms with van der Waals surface area (Å²) in [4.78, 5) is 0. The van der Waals surface area contributed by atoms with Crippen molar-refractivity contribution in [3.63, 3.8) is 0 Å². The normalized spacial score (nSPS) is 15.1. The van der Waals surface area contributed by atoms with Gasteiger partial charge in [-0.15, -0.1) is 0 Å². The molecule has 1 atom stereocenters. The van der Waals surface area contributed by atoms with Gasteiger partial charge in [-0.2, -0.15) is 5.26 Å². The van der Waals surface area contributed by atoms with Crippen LogP contribution in [0.25, 0.3) is 0 Å². The Kier molecular flexibility index (Phi) is 7.36. The predicted octanol–water partition coefficient (Wildman–Crippen LogP) is 2.72. The number of nitrogens with one attached hydrogen (secondary N) is 1. The highest BCUT2D eigenvalue weighted by molar-refractivity contribution is 5.04. The molecule has 3 nitrogen and oxygen atoms in total. The molecule has 16 heavy (non-hydrogen) atoms. The highest BCUT2D eigenvalue weighted by Crippen LogP contribution is 2.12. The number of nitrogens with zero attached hydrogens (tertiary/aromatic N) is 1. The molecule has 0 saturated carbocycles. The maximum Gasteiger partial charge on any atom is 0.104 e. The monoisotopic (exact) mass is 226 g/mol. The lowest BCUT2D eigenvalue weighted by atomic mass is 9.97. The van der Waals surface area contributed by atoms with Gasteiger partial charge in [0.25, 0.3) is 0 Å². The van der Waals surface area contributed by atoms with Gasteiger partial charge in [-0.1, -0.05) is 13.8 Å². The van der Waals surface area contributed by atoms with Gasteiger partial charge < -0.3 is 4.74 Å². The summed E-state index contributed by atoms with van der Waals surface area (Å²) in [7, 11) is 0. The summed E-state index contributed by atoms with van der Waals surface area (Å²) < 4.78 is 5.50. The van der Waals surface area contributed by atoms with Gasteiger partial charge in [0.2, 0.25) is 0 Å². The minimum absolute atomic E-state index is 0.334. The Hall–Kier alpha value is -0.590. The molecular formula is C13H26N2O. The van der Waals surface area contributed by atoms with Crippen LogP contribution in [0.15, 0.2) is 0 Å². The van der Waals surface area contributed by atoms with Crippen LogP contribution in [0.5, 0.6) is 0 Å². The molecule has 0 aliphatic heterocycles. The maximum atomic E-state index is 9.13. The standard InChI is InChI=1S/C13H26N2O/c1-11(2)9-16-8-6-7-13(5,10-14)15-12(3)4/h11-12,15H,6-9H2,1-5H3. The Bertz CT molecular complexity index is 220. The van der Waals surface area contributed by atoms with E-state index in [4.69, 9.17) is 10.00 Å². The summed E-state index contributed by atoms with van der Waals surface area (Å²) in [5.74, 6) is 0.580. The van der Waals surface area contributed by atoms with Gasteiger partial charge in [-0.05, 0) is 39.5 Å². The zero-order chi connectivity index (χ0) is 12.6. The molecule has 0 amide bonds. The summed E-state index contributed by atoms with van der Waals surface area (Å²) in [6, 6.07) is 2.68. The smallest absolute Gasteiger partial charge is 0.104 e. The van der Waals surface area contributed by atoms with Crippen LogP contribution in [0.1, 0.15) is 47.5 Å². The van der Waals surface area contributed by atoms with Crippen LogP contribution in [-0.2, 0) is 4.74 Å². The SMILES string of the molecule is CC(C)COCCCC(C)(C#N)NC(C)C. The highest BCUT2D eigenvalue weighted by atomic mass is 16.5. The average molecular weight is 226 g/mol. The third-order valence-electron chi connectivity index (χ3n) is 2.27. The van der Waals surface area contributed by atoms with Crippen molar-refractivity contribution in [2.45, 2.75) is 59.0 Å². The van der Waals surface area contributed by atoms with Crippen LogP contribution in [0.2, 0.25) is 0 Å². The summed E-state index contributed by atoms with van der Waals surface area (Å²) in [5.41, 5.74) is -0.421. The third kappa shape index (κ3) is 7.67.